The van der Waals surface area contributed by atoms with Gasteiger partial charge in [0.2, 0.25) is 5.91 Å². The number of anilines is 2. The van der Waals surface area contributed by atoms with Crippen molar-refractivity contribution >= 4 is 23.6 Å². The number of pyridine rings is 2. The van der Waals surface area contributed by atoms with Crippen molar-refractivity contribution in [2.45, 2.75) is 19.3 Å². The van der Waals surface area contributed by atoms with Crippen LogP contribution in [0.1, 0.15) is 24.1 Å². The van der Waals surface area contributed by atoms with Gasteiger partial charge in [0.05, 0.1) is 18.1 Å². The molecule has 0 bridgehead atoms. The van der Waals surface area contributed by atoms with Crippen LogP contribution in [0.15, 0.2) is 67.4 Å². The lowest BCUT2D eigenvalue weighted by Gasteiger charge is -2.32. The van der Waals surface area contributed by atoms with E-state index >= 15 is 0 Å². The summed E-state index contributed by atoms with van der Waals surface area (Å²) < 4.78 is 0. The summed E-state index contributed by atoms with van der Waals surface area (Å²) >= 11 is 0. The maximum absolute atomic E-state index is 12.6. The summed E-state index contributed by atoms with van der Waals surface area (Å²) in [5.41, 5.74) is 1.86. The van der Waals surface area contributed by atoms with Crippen LogP contribution in [-0.2, 0) is 11.2 Å². The van der Waals surface area contributed by atoms with Crippen LogP contribution in [0, 0.1) is 5.92 Å². The molecule has 1 atom stereocenters. The van der Waals surface area contributed by atoms with Gasteiger partial charge < -0.3 is 10.2 Å². The number of aromatic nitrogens is 4. The summed E-state index contributed by atoms with van der Waals surface area (Å²) in [6.45, 7) is 1.54. The number of carbonyl (C=O) groups is 1. The van der Waals surface area contributed by atoms with E-state index in [9.17, 15) is 4.79 Å². The molecule has 4 heterocycles. The number of carbonyl (C=O) groups excluding carboxylic acids is 1. The predicted molar refractivity (Wildman–Crippen MR) is 116 cm³/mol. The van der Waals surface area contributed by atoms with Crippen molar-refractivity contribution in [2.24, 2.45) is 5.92 Å². The largest absolute Gasteiger partial charge is 0.339 e. The maximum atomic E-state index is 12.6. The minimum Gasteiger partial charge on any atom is -0.339 e. The third-order valence-corrected chi connectivity index (χ3v) is 5.06. The van der Waals surface area contributed by atoms with Crippen LogP contribution in [0.3, 0.4) is 0 Å². The molecule has 7 heteroatoms. The molecule has 1 fully saturated rings. The molecule has 1 aliphatic rings. The summed E-state index contributed by atoms with van der Waals surface area (Å²) in [5, 5.41) is 3.13. The van der Waals surface area contributed by atoms with Gasteiger partial charge >= 0.3 is 0 Å². The predicted octanol–water partition coefficient (Wildman–Crippen LogP) is 3.50. The lowest BCUT2D eigenvalue weighted by molar-refractivity contribution is -0.127. The minimum absolute atomic E-state index is 0.0459. The van der Waals surface area contributed by atoms with E-state index in [1.54, 1.807) is 37.1 Å². The fourth-order valence-electron chi connectivity index (χ4n) is 3.57. The molecule has 7 nitrogen and oxygen atoms in total. The number of nitrogens with one attached hydrogen (secondary N) is 1. The van der Waals surface area contributed by atoms with Crippen LogP contribution in [-0.4, -0.2) is 43.8 Å². The molecule has 152 valence electrons. The van der Waals surface area contributed by atoms with Gasteiger partial charge in [-0.25, -0.2) is 9.97 Å². The number of rotatable bonds is 6. The lowest BCUT2D eigenvalue weighted by atomic mass is 9.93. The zero-order chi connectivity index (χ0) is 20.6. The summed E-state index contributed by atoms with van der Waals surface area (Å²) in [6.07, 6.45) is 15.1. The highest BCUT2D eigenvalue weighted by atomic mass is 16.2. The van der Waals surface area contributed by atoms with Gasteiger partial charge in [-0.1, -0.05) is 12.1 Å². The number of hydrogen-bond acceptors (Lipinski definition) is 6. The number of likely N-dealkylation sites (tertiary alicyclic amines) is 1. The van der Waals surface area contributed by atoms with Crippen LogP contribution < -0.4 is 5.32 Å². The van der Waals surface area contributed by atoms with Crippen LogP contribution in [0.4, 0.5) is 11.6 Å². The molecule has 0 radical (unpaired) electrons. The van der Waals surface area contributed by atoms with E-state index < -0.39 is 0 Å². The van der Waals surface area contributed by atoms with Crippen LogP contribution >= 0.6 is 0 Å². The highest BCUT2D eigenvalue weighted by molar-refractivity contribution is 5.91. The first-order valence-electron chi connectivity index (χ1n) is 10.1. The first kappa shape index (κ1) is 19.7. The molecule has 3 aromatic heterocycles. The van der Waals surface area contributed by atoms with Gasteiger partial charge in [-0.2, -0.15) is 0 Å². The van der Waals surface area contributed by atoms with Crippen molar-refractivity contribution in [1.82, 2.24) is 24.8 Å². The van der Waals surface area contributed by atoms with E-state index in [0.29, 0.717) is 11.7 Å². The van der Waals surface area contributed by atoms with Crippen LogP contribution in [0.25, 0.3) is 6.08 Å². The van der Waals surface area contributed by atoms with Crippen molar-refractivity contribution in [3.8, 4) is 0 Å². The Morgan fingerprint density at radius 3 is 2.80 bits per heavy atom. The van der Waals surface area contributed by atoms with Gasteiger partial charge in [-0.05, 0) is 55.0 Å². The zero-order valence-corrected chi connectivity index (χ0v) is 16.7. The Morgan fingerprint density at radius 2 is 2.03 bits per heavy atom. The van der Waals surface area contributed by atoms with E-state index in [2.05, 4.69) is 25.3 Å². The quantitative estimate of drug-likeness (QED) is 0.638. The van der Waals surface area contributed by atoms with Crippen molar-refractivity contribution in [3.63, 3.8) is 0 Å². The lowest BCUT2D eigenvalue weighted by Crippen LogP contribution is -2.39. The molecule has 1 amide bonds. The molecular weight excluding hydrogens is 376 g/mol. The standard InChI is InChI=1S/C23H24N6O/c30-23(9-8-18-5-3-10-24-14-18)29-12-4-6-19(17-29)13-20-15-27-22(16-26-20)28-21-7-1-2-11-25-21/h1-3,5,7-11,14-16,19H,4,6,12-13,17H2,(H,25,27,28)/b9-8+/t19-/m1/s1. The summed E-state index contributed by atoms with van der Waals surface area (Å²) in [4.78, 5) is 31.8. The Balaban J connectivity index is 1.31. The minimum atomic E-state index is 0.0459. The van der Waals surface area contributed by atoms with Crippen molar-refractivity contribution in [3.05, 3.63) is 78.6 Å². The molecule has 0 unspecified atom stereocenters. The molecule has 1 N–H and O–H groups in total. The Morgan fingerprint density at radius 1 is 1.07 bits per heavy atom. The third kappa shape index (κ3) is 5.47. The number of amides is 1. The van der Waals surface area contributed by atoms with Gasteiger partial charge in [0.15, 0.2) is 0 Å². The van der Waals surface area contributed by atoms with E-state index in [4.69, 9.17) is 0 Å². The molecule has 0 saturated carbocycles. The van der Waals surface area contributed by atoms with Gasteiger partial charge in [0, 0.05) is 37.8 Å². The third-order valence-electron chi connectivity index (χ3n) is 5.06. The second-order valence-electron chi connectivity index (χ2n) is 7.35. The molecule has 0 aliphatic carbocycles. The van der Waals surface area contributed by atoms with Crippen molar-refractivity contribution < 1.29 is 4.79 Å². The zero-order valence-electron chi connectivity index (χ0n) is 16.7. The molecule has 4 rings (SSSR count). The van der Waals surface area contributed by atoms with Gasteiger partial charge in [0.1, 0.15) is 11.6 Å². The second kappa shape index (κ2) is 9.73. The van der Waals surface area contributed by atoms with Crippen LogP contribution in [0.2, 0.25) is 0 Å². The molecule has 3 aromatic rings. The first-order valence-corrected chi connectivity index (χ1v) is 10.1. The molecule has 0 spiro atoms. The molecular formula is C23H24N6O. The maximum Gasteiger partial charge on any atom is 0.246 e. The van der Waals surface area contributed by atoms with Crippen LogP contribution in [0.5, 0.6) is 0 Å². The molecule has 0 aromatic carbocycles. The Hall–Kier alpha value is -3.61. The summed E-state index contributed by atoms with van der Waals surface area (Å²) in [6, 6.07) is 9.46. The highest BCUT2D eigenvalue weighted by Crippen LogP contribution is 2.21. The van der Waals surface area contributed by atoms with Crippen molar-refractivity contribution in [1.29, 1.82) is 0 Å². The summed E-state index contributed by atoms with van der Waals surface area (Å²) in [7, 11) is 0. The fourth-order valence-corrected chi connectivity index (χ4v) is 3.57. The Bertz CT molecular complexity index is 976. The Labute approximate surface area is 175 Å². The first-order chi connectivity index (χ1) is 14.8. The second-order valence-corrected chi connectivity index (χ2v) is 7.35. The molecule has 1 aliphatic heterocycles. The number of piperidine rings is 1. The smallest absolute Gasteiger partial charge is 0.246 e. The topological polar surface area (TPSA) is 83.9 Å². The van der Waals surface area contributed by atoms with E-state index in [1.807, 2.05) is 41.3 Å². The highest BCUT2D eigenvalue weighted by Gasteiger charge is 2.23. The van der Waals surface area contributed by atoms with Gasteiger partial charge in [0.25, 0.3) is 0 Å². The van der Waals surface area contributed by atoms with E-state index in [0.717, 1.165) is 49.4 Å². The number of nitrogens with zero attached hydrogens (tertiary/aromatic N) is 5. The van der Waals surface area contributed by atoms with Gasteiger partial charge in [-0.15, -0.1) is 0 Å². The number of hydrogen-bond donors (Lipinski definition) is 1. The monoisotopic (exact) mass is 400 g/mol. The summed E-state index contributed by atoms with van der Waals surface area (Å²) in [5.74, 6) is 1.83. The SMILES string of the molecule is O=C(/C=C/c1cccnc1)N1CCC[C@H](Cc2cnc(Nc3ccccn3)cn2)C1. The average Bonchev–Trinajstić information content (AvgIpc) is 2.80. The normalized spacial score (nSPS) is 16.5. The van der Waals surface area contributed by atoms with Gasteiger partial charge in [-0.3, -0.25) is 14.8 Å². The molecule has 30 heavy (non-hydrogen) atoms. The fraction of sp³-hybridized carbons (Fsp3) is 0.261. The van der Waals surface area contributed by atoms with E-state index in [-0.39, 0.29) is 5.91 Å². The Kier molecular flexibility index (Phi) is 6.39. The van der Waals surface area contributed by atoms with Crippen molar-refractivity contribution in [2.75, 3.05) is 18.4 Å². The molecule has 1 saturated heterocycles. The average molecular weight is 400 g/mol. The van der Waals surface area contributed by atoms with E-state index in [1.165, 1.54) is 0 Å².